The van der Waals surface area contributed by atoms with Gasteiger partial charge in [0.1, 0.15) is 6.54 Å². The number of halogens is 1. The van der Waals surface area contributed by atoms with Gasteiger partial charge >= 0.3 is 6.03 Å². The highest BCUT2D eigenvalue weighted by Gasteiger charge is 2.32. The number of nitrogens with zero attached hydrogens (tertiary/aromatic N) is 1. The van der Waals surface area contributed by atoms with Crippen LogP contribution in [0.4, 0.5) is 9.18 Å². The summed E-state index contributed by atoms with van der Waals surface area (Å²) in [5.41, 5.74) is 1.74. The summed E-state index contributed by atoms with van der Waals surface area (Å²) in [7, 11) is -3.25. The molecule has 0 radical (unpaired) electrons. The summed E-state index contributed by atoms with van der Waals surface area (Å²) in [5, 5.41) is 2.22. The zero-order chi connectivity index (χ0) is 22.0. The monoisotopic (exact) mass is 452 g/mol. The lowest BCUT2D eigenvalue weighted by atomic mass is 10.0. The first kappa shape index (κ1) is 22.0. The van der Waals surface area contributed by atoms with Crippen molar-refractivity contribution in [3.63, 3.8) is 0 Å². The molecule has 1 aromatic carbocycles. The van der Waals surface area contributed by atoms with Gasteiger partial charge in [0.2, 0.25) is 5.91 Å². The summed E-state index contributed by atoms with van der Waals surface area (Å²) in [5.74, 6) is 0.208. The van der Waals surface area contributed by atoms with Gasteiger partial charge in [0, 0.05) is 12.1 Å². The third-order valence-corrected chi connectivity index (χ3v) is 8.12. The number of nitrogens with one attached hydrogen (secondary N) is 1. The summed E-state index contributed by atoms with van der Waals surface area (Å²) < 4.78 is 45.4. The van der Waals surface area contributed by atoms with Gasteiger partial charge in [-0.3, -0.25) is 10.1 Å². The molecule has 2 aliphatic carbocycles. The molecule has 0 unspecified atom stereocenters. The molecule has 31 heavy (non-hydrogen) atoms. The Morgan fingerprint density at radius 3 is 2.65 bits per heavy atom. The Bertz CT molecular complexity index is 961. The highest BCUT2D eigenvalue weighted by molar-refractivity contribution is 7.91. The molecule has 1 saturated heterocycles. The van der Waals surface area contributed by atoms with Gasteiger partial charge in [0.05, 0.1) is 18.1 Å². The van der Waals surface area contributed by atoms with Crippen molar-refractivity contribution in [3.05, 3.63) is 29.1 Å². The molecule has 1 aliphatic heterocycles. The van der Waals surface area contributed by atoms with E-state index in [0.717, 1.165) is 24.0 Å². The summed E-state index contributed by atoms with van der Waals surface area (Å²) in [4.78, 5) is 24.1. The van der Waals surface area contributed by atoms with E-state index in [0.29, 0.717) is 56.9 Å². The zero-order valence-electron chi connectivity index (χ0n) is 17.6. The van der Waals surface area contributed by atoms with Gasteiger partial charge in [-0.05, 0) is 62.0 Å². The van der Waals surface area contributed by atoms with Crippen LogP contribution in [-0.2, 0) is 21.1 Å². The van der Waals surface area contributed by atoms with Crippen LogP contribution >= 0.6 is 0 Å². The summed E-state index contributed by atoms with van der Waals surface area (Å²) in [6.45, 7) is 1.05. The second-order valence-corrected chi connectivity index (χ2v) is 11.1. The predicted molar refractivity (Wildman–Crippen MR) is 113 cm³/mol. The molecule has 0 aromatic heterocycles. The van der Waals surface area contributed by atoms with E-state index >= 15 is 0 Å². The quantitative estimate of drug-likeness (QED) is 0.412. The fraction of sp³-hybridized carbons (Fsp3) is 0.636. The first-order valence-corrected chi connectivity index (χ1v) is 12.9. The minimum atomic E-state index is -3.25. The molecule has 1 aromatic rings. The molecule has 3 aliphatic rings. The van der Waals surface area contributed by atoms with Crippen LogP contribution < -0.4 is 10.1 Å². The normalized spacial score (nSPS) is 20.8. The number of unbranched alkanes of at least 4 members (excludes halogenated alkanes) is 2. The topological polar surface area (TPSA) is 92.8 Å². The van der Waals surface area contributed by atoms with E-state index in [4.69, 9.17) is 4.74 Å². The van der Waals surface area contributed by atoms with Crippen LogP contribution in [0.3, 0.4) is 0 Å². The van der Waals surface area contributed by atoms with Crippen LogP contribution in [0.5, 0.6) is 5.75 Å². The largest absolute Gasteiger partial charge is 0.490 e. The van der Waals surface area contributed by atoms with Gasteiger partial charge in [-0.25, -0.2) is 17.6 Å². The number of carbonyl (C=O) groups excluding carboxylic acids is 2. The molecule has 170 valence electrons. The van der Waals surface area contributed by atoms with Crippen LogP contribution in [0.15, 0.2) is 12.1 Å². The molecule has 3 amide bonds. The van der Waals surface area contributed by atoms with Crippen LogP contribution in [0.1, 0.15) is 55.6 Å². The Labute approximate surface area is 182 Å². The average Bonchev–Trinajstić information content (AvgIpc) is 3.37. The molecule has 1 N–H and O–H groups in total. The number of urea groups is 1. The minimum Gasteiger partial charge on any atom is -0.490 e. The van der Waals surface area contributed by atoms with Crippen molar-refractivity contribution in [1.29, 1.82) is 0 Å². The number of ether oxygens (including phenoxy) is 1. The first-order chi connectivity index (χ1) is 14.8. The smallest absolute Gasteiger partial charge is 0.324 e. The van der Waals surface area contributed by atoms with Crippen molar-refractivity contribution in [3.8, 4) is 5.75 Å². The van der Waals surface area contributed by atoms with Gasteiger partial charge in [-0.15, -0.1) is 0 Å². The molecule has 1 atom stereocenters. The molecule has 0 spiro atoms. The second-order valence-electron chi connectivity index (χ2n) is 8.88. The molecule has 1 saturated carbocycles. The average molecular weight is 453 g/mol. The third-order valence-electron chi connectivity index (χ3n) is 6.30. The van der Waals surface area contributed by atoms with Crippen molar-refractivity contribution < 1.29 is 27.1 Å². The van der Waals surface area contributed by atoms with E-state index in [1.165, 1.54) is 11.0 Å². The lowest BCUT2D eigenvalue weighted by Gasteiger charge is -2.15. The Morgan fingerprint density at radius 2 is 1.94 bits per heavy atom. The van der Waals surface area contributed by atoms with E-state index in [9.17, 15) is 22.4 Å². The number of carbonyl (C=O) groups is 2. The van der Waals surface area contributed by atoms with Crippen LogP contribution in [0.2, 0.25) is 0 Å². The van der Waals surface area contributed by atoms with E-state index in [2.05, 4.69) is 5.32 Å². The molecule has 4 rings (SSSR count). The maximum Gasteiger partial charge on any atom is 0.324 e. The number of sulfone groups is 1. The number of rotatable bonds is 11. The summed E-state index contributed by atoms with van der Waals surface area (Å²) in [6.07, 6.45) is 5.43. The Kier molecular flexibility index (Phi) is 6.50. The fourth-order valence-electron chi connectivity index (χ4n) is 4.40. The Morgan fingerprint density at radius 1 is 1.13 bits per heavy atom. The van der Waals surface area contributed by atoms with Gasteiger partial charge in [0.15, 0.2) is 21.4 Å². The van der Waals surface area contributed by atoms with E-state index in [1.54, 1.807) is 6.07 Å². The molecule has 9 heteroatoms. The minimum absolute atomic E-state index is 0.0662. The van der Waals surface area contributed by atoms with E-state index in [-0.39, 0.29) is 41.7 Å². The van der Waals surface area contributed by atoms with Gasteiger partial charge in [0.25, 0.3) is 0 Å². The predicted octanol–water partition coefficient (Wildman–Crippen LogP) is 2.78. The van der Waals surface area contributed by atoms with E-state index in [1.807, 2.05) is 0 Å². The molecule has 0 bridgehead atoms. The summed E-state index contributed by atoms with van der Waals surface area (Å²) in [6, 6.07) is 2.73. The number of hydrogen-bond donors (Lipinski definition) is 1. The lowest BCUT2D eigenvalue weighted by molar-refractivity contribution is -0.118. The SMILES string of the molecule is O=C1CN(CCCCCS(=O)(=O)C[C@@H]2CCc3c2ccc(F)c3OCC2CC2)C(=O)N1. The van der Waals surface area contributed by atoms with Crippen molar-refractivity contribution in [1.82, 2.24) is 10.2 Å². The van der Waals surface area contributed by atoms with E-state index < -0.39 is 9.84 Å². The highest BCUT2D eigenvalue weighted by atomic mass is 32.2. The highest BCUT2D eigenvalue weighted by Crippen LogP contribution is 2.41. The van der Waals surface area contributed by atoms with Crippen molar-refractivity contribution in [2.24, 2.45) is 5.92 Å². The van der Waals surface area contributed by atoms with Gasteiger partial charge in [-0.2, -0.15) is 0 Å². The van der Waals surface area contributed by atoms with Crippen molar-refractivity contribution >= 4 is 21.8 Å². The number of imide groups is 1. The van der Waals surface area contributed by atoms with Gasteiger partial charge in [-0.1, -0.05) is 12.5 Å². The molecular weight excluding hydrogens is 423 g/mol. The zero-order valence-corrected chi connectivity index (χ0v) is 18.4. The second kappa shape index (κ2) is 9.14. The maximum absolute atomic E-state index is 14.3. The van der Waals surface area contributed by atoms with Crippen molar-refractivity contribution in [2.45, 2.75) is 50.9 Å². The first-order valence-electron chi connectivity index (χ1n) is 11.1. The molecule has 1 heterocycles. The molecular formula is C22H29FN2O5S. The standard InChI is InChI=1S/C22H29FN2O5S/c23-19-9-8-17-16(6-7-18(17)21(19)30-13-15-4-5-15)14-31(28,29)11-3-1-2-10-25-12-20(26)24-22(25)27/h8-9,15-16H,1-7,10-14H2,(H,24,26,27)/t16-/m0/s1. The van der Waals surface area contributed by atoms with Crippen LogP contribution in [0.25, 0.3) is 0 Å². The molecule has 2 fully saturated rings. The molecule has 7 nitrogen and oxygen atoms in total. The third kappa shape index (κ3) is 5.56. The number of hydrogen-bond acceptors (Lipinski definition) is 5. The van der Waals surface area contributed by atoms with Crippen LogP contribution in [0, 0.1) is 11.7 Å². The van der Waals surface area contributed by atoms with Crippen molar-refractivity contribution in [2.75, 3.05) is 31.2 Å². The maximum atomic E-state index is 14.3. The summed E-state index contributed by atoms with van der Waals surface area (Å²) >= 11 is 0. The van der Waals surface area contributed by atoms with Crippen LogP contribution in [-0.4, -0.2) is 56.5 Å². The Hall–Kier alpha value is -2.16. The lowest BCUT2D eigenvalue weighted by Crippen LogP contribution is -2.29. The fourth-order valence-corrected chi connectivity index (χ4v) is 6.17. The Balaban J connectivity index is 1.26. The number of benzene rings is 1. The number of fused-ring (bicyclic) bond motifs is 1. The van der Waals surface area contributed by atoms with Gasteiger partial charge < -0.3 is 9.64 Å². The number of amides is 3.